The summed E-state index contributed by atoms with van der Waals surface area (Å²) in [6.07, 6.45) is 0.898. The summed E-state index contributed by atoms with van der Waals surface area (Å²) in [4.78, 5) is 0. The smallest absolute Gasteiger partial charge is 0.126 e. The third-order valence-electron chi connectivity index (χ3n) is 1.93. The van der Waals surface area contributed by atoms with E-state index in [1.54, 1.807) is 6.07 Å². The third kappa shape index (κ3) is 2.70. The highest BCUT2D eigenvalue weighted by Crippen LogP contribution is 2.24. The van der Waals surface area contributed by atoms with E-state index in [1.165, 1.54) is 12.1 Å². The number of rotatable bonds is 4. The van der Waals surface area contributed by atoms with Gasteiger partial charge in [0.1, 0.15) is 11.6 Å². The SMILES string of the molecule is CCCOc1cc(F)ccc1[C@H](C)N. The molecule has 0 heterocycles. The van der Waals surface area contributed by atoms with Gasteiger partial charge in [-0.2, -0.15) is 0 Å². The number of hydrogen-bond acceptors (Lipinski definition) is 2. The van der Waals surface area contributed by atoms with Crippen LogP contribution in [0, 0.1) is 5.82 Å². The highest BCUT2D eigenvalue weighted by molar-refractivity contribution is 5.36. The molecule has 0 fully saturated rings. The van der Waals surface area contributed by atoms with Crippen LogP contribution in [0.2, 0.25) is 0 Å². The number of hydrogen-bond donors (Lipinski definition) is 1. The zero-order valence-corrected chi connectivity index (χ0v) is 8.59. The van der Waals surface area contributed by atoms with Crippen LogP contribution >= 0.6 is 0 Å². The fourth-order valence-corrected chi connectivity index (χ4v) is 1.22. The van der Waals surface area contributed by atoms with E-state index in [2.05, 4.69) is 0 Å². The largest absolute Gasteiger partial charge is 0.493 e. The molecule has 0 aromatic heterocycles. The first kappa shape index (κ1) is 11.0. The van der Waals surface area contributed by atoms with Crippen LogP contribution in [0.4, 0.5) is 4.39 Å². The van der Waals surface area contributed by atoms with Crippen molar-refractivity contribution in [2.45, 2.75) is 26.3 Å². The van der Waals surface area contributed by atoms with Crippen molar-refractivity contribution in [1.82, 2.24) is 0 Å². The van der Waals surface area contributed by atoms with Crippen LogP contribution in [0.1, 0.15) is 31.9 Å². The van der Waals surface area contributed by atoms with Gasteiger partial charge in [-0.15, -0.1) is 0 Å². The first-order valence-corrected chi connectivity index (χ1v) is 4.83. The zero-order valence-electron chi connectivity index (χ0n) is 8.59. The molecule has 0 saturated carbocycles. The molecule has 1 aromatic rings. The summed E-state index contributed by atoms with van der Waals surface area (Å²) in [7, 11) is 0. The van der Waals surface area contributed by atoms with E-state index in [0.29, 0.717) is 12.4 Å². The summed E-state index contributed by atoms with van der Waals surface area (Å²) in [6.45, 7) is 4.44. The Kier molecular flexibility index (Phi) is 3.89. The van der Waals surface area contributed by atoms with Gasteiger partial charge >= 0.3 is 0 Å². The molecule has 0 aliphatic carbocycles. The van der Waals surface area contributed by atoms with Crippen LogP contribution in [-0.2, 0) is 0 Å². The highest BCUT2D eigenvalue weighted by Gasteiger charge is 2.08. The van der Waals surface area contributed by atoms with Crippen LogP contribution in [0.3, 0.4) is 0 Å². The lowest BCUT2D eigenvalue weighted by Crippen LogP contribution is -2.08. The Bertz CT molecular complexity index is 299. The van der Waals surface area contributed by atoms with Gasteiger partial charge in [0.25, 0.3) is 0 Å². The molecule has 1 aromatic carbocycles. The molecule has 0 amide bonds. The van der Waals surface area contributed by atoms with Crippen molar-refractivity contribution in [3.05, 3.63) is 29.6 Å². The molecule has 0 aliphatic rings. The number of nitrogens with two attached hydrogens (primary N) is 1. The van der Waals surface area contributed by atoms with E-state index in [0.717, 1.165) is 12.0 Å². The van der Waals surface area contributed by atoms with Crippen molar-refractivity contribution in [2.75, 3.05) is 6.61 Å². The summed E-state index contributed by atoms with van der Waals surface area (Å²) in [5.74, 6) is 0.266. The Morgan fingerprint density at radius 2 is 2.21 bits per heavy atom. The minimum absolute atomic E-state index is 0.137. The Morgan fingerprint density at radius 1 is 1.50 bits per heavy atom. The summed E-state index contributed by atoms with van der Waals surface area (Å²) >= 11 is 0. The van der Waals surface area contributed by atoms with E-state index in [9.17, 15) is 4.39 Å². The van der Waals surface area contributed by atoms with Gasteiger partial charge in [-0.05, 0) is 19.4 Å². The Hall–Kier alpha value is -1.09. The van der Waals surface area contributed by atoms with Gasteiger partial charge in [-0.3, -0.25) is 0 Å². The molecule has 0 radical (unpaired) electrons. The van der Waals surface area contributed by atoms with Crippen molar-refractivity contribution in [1.29, 1.82) is 0 Å². The van der Waals surface area contributed by atoms with Crippen molar-refractivity contribution in [3.8, 4) is 5.75 Å². The Morgan fingerprint density at radius 3 is 2.79 bits per heavy atom. The van der Waals surface area contributed by atoms with Crippen LogP contribution in [0.25, 0.3) is 0 Å². The van der Waals surface area contributed by atoms with E-state index < -0.39 is 0 Å². The van der Waals surface area contributed by atoms with E-state index in [-0.39, 0.29) is 11.9 Å². The zero-order chi connectivity index (χ0) is 10.6. The molecular weight excluding hydrogens is 181 g/mol. The van der Waals surface area contributed by atoms with Gasteiger partial charge < -0.3 is 10.5 Å². The van der Waals surface area contributed by atoms with Crippen LogP contribution < -0.4 is 10.5 Å². The second kappa shape index (κ2) is 4.96. The molecule has 0 saturated heterocycles. The van der Waals surface area contributed by atoms with Crippen molar-refractivity contribution < 1.29 is 9.13 Å². The lowest BCUT2D eigenvalue weighted by atomic mass is 10.1. The summed E-state index contributed by atoms with van der Waals surface area (Å²) in [5, 5.41) is 0. The topological polar surface area (TPSA) is 35.2 Å². The normalized spacial score (nSPS) is 12.6. The monoisotopic (exact) mass is 197 g/mol. The lowest BCUT2D eigenvalue weighted by molar-refractivity contribution is 0.311. The van der Waals surface area contributed by atoms with Gasteiger partial charge in [-0.25, -0.2) is 4.39 Å². The quantitative estimate of drug-likeness (QED) is 0.805. The second-order valence-electron chi connectivity index (χ2n) is 3.32. The predicted molar refractivity (Wildman–Crippen MR) is 54.8 cm³/mol. The predicted octanol–water partition coefficient (Wildman–Crippen LogP) is 2.63. The molecule has 2 N–H and O–H groups in total. The molecule has 14 heavy (non-hydrogen) atoms. The molecular formula is C11H16FNO. The molecule has 78 valence electrons. The maximum Gasteiger partial charge on any atom is 0.126 e. The average Bonchev–Trinajstić information content (AvgIpc) is 2.14. The van der Waals surface area contributed by atoms with Crippen LogP contribution in [-0.4, -0.2) is 6.61 Å². The highest BCUT2D eigenvalue weighted by atomic mass is 19.1. The van der Waals surface area contributed by atoms with Gasteiger partial charge in [-0.1, -0.05) is 13.0 Å². The van der Waals surface area contributed by atoms with Gasteiger partial charge in [0.15, 0.2) is 0 Å². The lowest BCUT2D eigenvalue weighted by Gasteiger charge is -2.13. The number of ether oxygens (including phenoxy) is 1. The summed E-state index contributed by atoms with van der Waals surface area (Å²) in [6, 6.07) is 4.32. The number of benzene rings is 1. The third-order valence-corrected chi connectivity index (χ3v) is 1.93. The minimum atomic E-state index is -0.291. The molecule has 1 atom stereocenters. The van der Waals surface area contributed by atoms with Crippen molar-refractivity contribution in [3.63, 3.8) is 0 Å². The molecule has 3 heteroatoms. The van der Waals surface area contributed by atoms with Gasteiger partial charge in [0.2, 0.25) is 0 Å². The molecule has 1 rings (SSSR count). The fraction of sp³-hybridized carbons (Fsp3) is 0.455. The van der Waals surface area contributed by atoms with E-state index in [1.807, 2.05) is 13.8 Å². The van der Waals surface area contributed by atoms with Crippen LogP contribution in [0.5, 0.6) is 5.75 Å². The molecule has 0 bridgehead atoms. The molecule has 0 unspecified atom stereocenters. The molecule has 0 aliphatic heterocycles. The van der Waals surface area contributed by atoms with Gasteiger partial charge in [0, 0.05) is 17.7 Å². The first-order chi connectivity index (χ1) is 6.65. The standard InChI is InChI=1S/C11H16FNO/c1-3-6-14-11-7-9(12)4-5-10(11)8(2)13/h4-5,7-8H,3,6,13H2,1-2H3/t8-/m0/s1. The average molecular weight is 197 g/mol. The second-order valence-corrected chi connectivity index (χ2v) is 3.32. The molecule has 0 spiro atoms. The maximum absolute atomic E-state index is 12.9. The minimum Gasteiger partial charge on any atom is -0.493 e. The number of halogens is 1. The fourth-order valence-electron chi connectivity index (χ4n) is 1.22. The maximum atomic E-state index is 12.9. The summed E-state index contributed by atoms with van der Waals surface area (Å²) < 4.78 is 18.3. The molecule has 2 nitrogen and oxygen atoms in total. The van der Waals surface area contributed by atoms with E-state index in [4.69, 9.17) is 10.5 Å². The van der Waals surface area contributed by atoms with Gasteiger partial charge in [0.05, 0.1) is 6.61 Å². The first-order valence-electron chi connectivity index (χ1n) is 4.83. The van der Waals surface area contributed by atoms with Crippen molar-refractivity contribution >= 4 is 0 Å². The Labute approximate surface area is 83.9 Å². The van der Waals surface area contributed by atoms with Crippen LogP contribution in [0.15, 0.2) is 18.2 Å². The van der Waals surface area contributed by atoms with Crippen molar-refractivity contribution in [2.24, 2.45) is 5.73 Å². The Balaban J connectivity index is 2.91. The summed E-state index contributed by atoms with van der Waals surface area (Å²) in [5.41, 5.74) is 6.58. The van der Waals surface area contributed by atoms with E-state index >= 15 is 0 Å².